The average Bonchev–Trinajstić information content (AvgIpc) is 2.88. The molecule has 1 aromatic heterocycles. The Morgan fingerprint density at radius 1 is 1.30 bits per heavy atom. The lowest BCUT2D eigenvalue weighted by Gasteiger charge is -2.29. The van der Waals surface area contributed by atoms with Gasteiger partial charge in [-0.1, -0.05) is 43.7 Å². The van der Waals surface area contributed by atoms with E-state index in [1.54, 1.807) is 11.8 Å². The summed E-state index contributed by atoms with van der Waals surface area (Å²) >= 11 is 1.81. The normalized spacial score (nSPS) is 23.2. The summed E-state index contributed by atoms with van der Waals surface area (Å²) in [5.74, 6) is 1.91. The minimum atomic E-state index is 0.722. The molecule has 0 radical (unpaired) electrons. The van der Waals surface area contributed by atoms with Crippen LogP contribution in [0.3, 0.4) is 0 Å². The van der Waals surface area contributed by atoms with Crippen molar-refractivity contribution in [3.63, 3.8) is 0 Å². The van der Waals surface area contributed by atoms with Crippen LogP contribution in [0.4, 0.5) is 0 Å². The highest BCUT2D eigenvalue weighted by Crippen LogP contribution is 2.24. The quantitative estimate of drug-likeness (QED) is 0.649. The minimum absolute atomic E-state index is 0.722. The summed E-state index contributed by atoms with van der Waals surface area (Å²) in [5, 5.41) is 4.74. The third kappa shape index (κ3) is 3.36. The third-order valence-electron chi connectivity index (χ3n) is 4.23. The smallest absolute Gasteiger partial charge is 0.166 e. The number of benzene rings is 1. The van der Waals surface area contributed by atoms with Crippen LogP contribution in [0.2, 0.25) is 0 Å². The molecule has 1 heterocycles. The topological polar surface area (TPSA) is 40.7 Å². The summed E-state index contributed by atoms with van der Waals surface area (Å²) in [5.41, 5.74) is 2.19. The molecule has 1 aliphatic rings. The largest absolute Gasteiger partial charge is 0.333 e. The summed E-state index contributed by atoms with van der Waals surface area (Å²) in [7, 11) is 0. The van der Waals surface area contributed by atoms with Crippen molar-refractivity contribution >= 4 is 22.8 Å². The predicted molar refractivity (Wildman–Crippen MR) is 86.2 cm³/mol. The van der Waals surface area contributed by atoms with Crippen molar-refractivity contribution in [1.29, 1.82) is 0 Å². The zero-order valence-corrected chi connectivity index (χ0v) is 12.9. The van der Waals surface area contributed by atoms with Gasteiger partial charge < -0.3 is 10.3 Å². The Bertz CT molecular complexity index is 518. The van der Waals surface area contributed by atoms with E-state index >= 15 is 0 Å². The first kappa shape index (κ1) is 14.0. The van der Waals surface area contributed by atoms with Crippen molar-refractivity contribution < 1.29 is 0 Å². The average molecular weight is 289 g/mol. The molecule has 1 saturated carbocycles. The molecule has 1 aromatic carbocycles. The van der Waals surface area contributed by atoms with Gasteiger partial charge in [-0.05, 0) is 30.9 Å². The van der Waals surface area contributed by atoms with E-state index in [9.17, 15) is 0 Å². The number of fused-ring (bicyclic) bond motifs is 1. The van der Waals surface area contributed by atoms with Crippen molar-refractivity contribution in [3.05, 3.63) is 24.3 Å². The molecule has 3 rings (SSSR count). The van der Waals surface area contributed by atoms with Gasteiger partial charge in [-0.25, -0.2) is 4.98 Å². The first-order chi connectivity index (χ1) is 9.83. The van der Waals surface area contributed by atoms with Crippen LogP contribution < -0.4 is 5.32 Å². The Labute approximate surface area is 124 Å². The number of para-hydroxylation sites is 2. The van der Waals surface area contributed by atoms with Crippen LogP contribution in [0.5, 0.6) is 0 Å². The Morgan fingerprint density at radius 3 is 3.00 bits per heavy atom. The second-order valence-corrected chi connectivity index (χ2v) is 6.81. The van der Waals surface area contributed by atoms with E-state index in [1.165, 1.54) is 25.7 Å². The standard InChI is InChI=1S/C16H23N3S/c1-12-6-2-3-7-13(12)17-10-11-20-16-18-14-8-4-5-9-15(14)19-16/h4-5,8-9,12-13,17H,2-3,6-7,10-11H2,1H3,(H,18,19). The predicted octanol–water partition coefficient (Wildman–Crippen LogP) is 3.82. The van der Waals surface area contributed by atoms with Crippen molar-refractivity contribution in [2.24, 2.45) is 5.92 Å². The van der Waals surface area contributed by atoms with Gasteiger partial charge in [0.2, 0.25) is 0 Å². The van der Waals surface area contributed by atoms with Crippen LogP contribution in [0.25, 0.3) is 11.0 Å². The van der Waals surface area contributed by atoms with Crippen LogP contribution in [0.1, 0.15) is 32.6 Å². The molecule has 3 nitrogen and oxygen atoms in total. The fraction of sp³-hybridized carbons (Fsp3) is 0.562. The Balaban J connectivity index is 1.45. The molecule has 0 aliphatic heterocycles. The van der Waals surface area contributed by atoms with E-state index in [1.807, 2.05) is 12.1 Å². The monoisotopic (exact) mass is 289 g/mol. The van der Waals surface area contributed by atoms with E-state index in [0.29, 0.717) is 0 Å². The van der Waals surface area contributed by atoms with Crippen LogP contribution in [-0.2, 0) is 0 Å². The number of aromatic nitrogens is 2. The van der Waals surface area contributed by atoms with Crippen LogP contribution >= 0.6 is 11.8 Å². The highest BCUT2D eigenvalue weighted by molar-refractivity contribution is 7.99. The lowest BCUT2D eigenvalue weighted by Crippen LogP contribution is -2.38. The van der Waals surface area contributed by atoms with Gasteiger partial charge in [-0.2, -0.15) is 0 Å². The molecule has 2 atom stereocenters. The molecule has 2 unspecified atom stereocenters. The first-order valence-corrected chi connectivity index (χ1v) is 8.62. The van der Waals surface area contributed by atoms with Crippen molar-refractivity contribution in [3.8, 4) is 0 Å². The fourth-order valence-corrected chi connectivity index (χ4v) is 3.77. The summed E-state index contributed by atoms with van der Waals surface area (Å²) in [6.07, 6.45) is 5.52. The van der Waals surface area contributed by atoms with Gasteiger partial charge >= 0.3 is 0 Å². The molecule has 2 N–H and O–H groups in total. The van der Waals surface area contributed by atoms with Gasteiger partial charge in [-0.15, -0.1) is 0 Å². The molecular weight excluding hydrogens is 266 g/mol. The van der Waals surface area contributed by atoms with Gasteiger partial charge in [0.05, 0.1) is 11.0 Å². The number of imidazole rings is 1. The number of rotatable bonds is 5. The molecular formula is C16H23N3S. The molecule has 2 aromatic rings. The number of thioether (sulfide) groups is 1. The highest BCUT2D eigenvalue weighted by atomic mass is 32.2. The van der Waals surface area contributed by atoms with E-state index in [0.717, 1.165) is 40.4 Å². The molecule has 0 spiro atoms. The van der Waals surface area contributed by atoms with Gasteiger partial charge in [0, 0.05) is 18.3 Å². The van der Waals surface area contributed by atoms with Crippen molar-refractivity contribution in [2.45, 2.75) is 43.8 Å². The fourth-order valence-electron chi connectivity index (χ4n) is 3.01. The lowest BCUT2D eigenvalue weighted by molar-refractivity contribution is 0.285. The third-order valence-corrected chi connectivity index (χ3v) is 5.10. The van der Waals surface area contributed by atoms with E-state index < -0.39 is 0 Å². The summed E-state index contributed by atoms with van der Waals surface area (Å²) in [6, 6.07) is 8.93. The number of hydrogen-bond donors (Lipinski definition) is 2. The van der Waals surface area contributed by atoms with Gasteiger partial charge in [-0.3, -0.25) is 0 Å². The van der Waals surface area contributed by atoms with E-state index in [4.69, 9.17) is 0 Å². The van der Waals surface area contributed by atoms with Crippen molar-refractivity contribution in [2.75, 3.05) is 12.3 Å². The molecule has 0 bridgehead atoms. The van der Waals surface area contributed by atoms with Crippen LogP contribution in [-0.4, -0.2) is 28.3 Å². The minimum Gasteiger partial charge on any atom is -0.333 e. The number of hydrogen-bond acceptors (Lipinski definition) is 3. The molecule has 1 fully saturated rings. The maximum absolute atomic E-state index is 4.59. The molecule has 108 valence electrons. The lowest BCUT2D eigenvalue weighted by atomic mass is 9.86. The second kappa shape index (κ2) is 6.64. The van der Waals surface area contributed by atoms with Gasteiger partial charge in [0.15, 0.2) is 5.16 Å². The first-order valence-electron chi connectivity index (χ1n) is 7.64. The molecule has 1 aliphatic carbocycles. The van der Waals surface area contributed by atoms with Crippen LogP contribution in [0, 0.1) is 5.92 Å². The van der Waals surface area contributed by atoms with E-state index in [-0.39, 0.29) is 0 Å². The zero-order chi connectivity index (χ0) is 13.8. The molecule has 0 amide bonds. The maximum Gasteiger partial charge on any atom is 0.166 e. The second-order valence-electron chi connectivity index (χ2n) is 5.73. The zero-order valence-electron chi connectivity index (χ0n) is 12.1. The molecule has 20 heavy (non-hydrogen) atoms. The van der Waals surface area contributed by atoms with Crippen LogP contribution in [0.15, 0.2) is 29.4 Å². The number of aromatic amines is 1. The van der Waals surface area contributed by atoms with Gasteiger partial charge in [0.1, 0.15) is 0 Å². The van der Waals surface area contributed by atoms with Crippen molar-refractivity contribution in [1.82, 2.24) is 15.3 Å². The molecule has 0 saturated heterocycles. The van der Waals surface area contributed by atoms with E-state index in [2.05, 4.69) is 34.3 Å². The Morgan fingerprint density at radius 2 is 2.15 bits per heavy atom. The van der Waals surface area contributed by atoms with Gasteiger partial charge in [0.25, 0.3) is 0 Å². The number of nitrogens with zero attached hydrogens (tertiary/aromatic N) is 1. The SMILES string of the molecule is CC1CCCCC1NCCSc1nc2ccccc2[nH]1. The summed E-state index contributed by atoms with van der Waals surface area (Å²) < 4.78 is 0. The Hall–Kier alpha value is -1.00. The Kier molecular flexibility index (Phi) is 4.63. The molecule has 4 heteroatoms. The highest BCUT2D eigenvalue weighted by Gasteiger charge is 2.20. The number of nitrogens with one attached hydrogen (secondary N) is 2. The summed E-state index contributed by atoms with van der Waals surface area (Å²) in [6.45, 7) is 3.44. The maximum atomic E-state index is 4.59. The number of H-pyrrole nitrogens is 1. The summed E-state index contributed by atoms with van der Waals surface area (Å²) in [4.78, 5) is 7.96.